The lowest BCUT2D eigenvalue weighted by Crippen LogP contribution is -2.35. The van der Waals surface area contributed by atoms with E-state index in [1.54, 1.807) is 7.11 Å². The van der Waals surface area contributed by atoms with Crippen LogP contribution in [0, 0.1) is 5.41 Å². The first-order valence-electron chi connectivity index (χ1n) is 6.05. The topological polar surface area (TPSA) is 18.5 Å². The van der Waals surface area contributed by atoms with Crippen LogP contribution in [0.5, 0.6) is 5.75 Å². The second-order valence-corrected chi connectivity index (χ2v) is 5.39. The zero-order valence-corrected chi connectivity index (χ0v) is 11.8. The van der Waals surface area contributed by atoms with Crippen LogP contribution in [0.2, 0.25) is 0 Å². The molecule has 1 aromatic carbocycles. The van der Waals surface area contributed by atoms with Crippen molar-refractivity contribution in [1.29, 1.82) is 0 Å². The molecule has 3 heteroatoms. The third-order valence-corrected chi connectivity index (χ3v) is 4.70. The molecule has 0 bridgehead atoms. The molecule has 0 aromatic heterocycles. The van der Waals surface area contributed by atoms with Gasteiger partial charge in [0.15, 0.2) is 0 Å². The summed E-state index contributed by atoms with van der Waals surface area (Å²) in [7, 11) is 1.69. The molecule has 1 saturated carbocycles. The Morgan fingerprint density at radius 1 is 1.35 bits per heavy atom. The Hall–Kier alpha value is -0.540. The van der Waals surface area contributed by atoms with Gasteiger partial charge >= 0.3 is 0 Å². The third kappa shape index (κ3) is 3.23. The van der Waals surface area contributed by atoms with E-state index >= 15 is 0 Å². The number of hydrogen-bond donors (Lipinski definition) is 0. The SMILES string of the molecule is COc1cccc(COCC2(CBr)CCC2)c1. The molecule has 0 atom stereocenters. The van der Waals surface area contributed by atoms with Crippen LogP contribution in [0.4, 0.5) is 0 Å². The van der Waals surface area contributed by atoms with E-state index in [9.17, 15) is 0 Å². The van der Waals surface area contributed by atoms with Crippen molar-refractivity contribution in [2.45, 2.75) is 25.9 Å². The van der Waals surface area contributed by atoms with Gasteiger partial charge in [0.05, 0.1) is 20.3 Å². The van der Waals surface area contributed by atoms with E-state index in [4.69, 9.17) is 9.47 Å². The zero-order chi connectivity index (χ0) is 12.1. The first-order chi connectivity index (χ1) is 8.28. The first-order valence-corrected chi connectivity index (χ1v) is 7.17. The van der Waals surface area contributed by atoms with Gasteiger partial charge in [0.2, 0.25) is 0 Å². The van der Waals surface area contributed by atoms with Crippen molar-refractivity contribution >= 4 is 15.9 Å². The van der Waals surface area contributed by atoms with Crippen LogP contribution in [-0.2, 0) is 11.3 Å². The van der Waals surface area contributed by atoms with Gasteiger partial charge in [-0.3, -0.25) is 0 Å². The van der Waals surface area contributed by atoms with E-state index in [0.29, 0.717) is 12.0 Å². The van der Waals surface area contributed by atoms with Gasteiger partial charge in [-0.1, -0.05) is 34.5 Å². The summed E-state index contributed by atoms with van der Waals surface area (Å²) in [5, 5.41) is 1.05. The van der Waals surface area contributed by atoms with Crippen molar-refractivity contribution in [3.8, 4) is 5.75 Å². The smallest absolute Gasteiger partial charge is 0.119 e. The van der Waals surface area contributed by atoms with Crippen LogP contribution < -0.4 is 4.74 Å². The van der Waals surface area contributed by atoms with Gasteiger partial charge < -0.3 is 9.47 Å². The molecule has 0 saturated heterocycles. The summed E-state index contributed by atoms with van der Waals surface area (Å²) in [5.74, 6) is 0.893. The number of ether oxygens (including phenoxy) is 2. The number of rotatable bonds is 6. The fourth-order valence-corrected chi connectivity index (χ4v) is 2.86. The molecule has 94 valence electrons. The Kier molecular flexibility index (Phi) is 4.46. The number of halogens is 1. The Labute approximate surface area is 111 Å². The van der Waals surface area contributed by atoms with Crippen LogP contribution in [0.15, 0.2) is 24.3 Å². The second-order valence-electron chi connectivity index (χ2n) is 4.83. The summed E-state index contributed by atoms with van der Waals surface area (Å²) in [6.07, 6.45) is 3.92. The predicted octanol–water partition coefficient (Wildman–Crippen LogP) is 3.78. The van der Waals surface area contributed by atoms with Gasteiger partial charge in [0, 0.05) is 10.7 Å². The summed E-state index contributed by atoms with van der Waals surface area (Å²) in [6, 6.07) is 8.06. The highest BCUT2D eigenvalue weighted by atomic mass is 79.9. The van der Waals surface area contributed by atoms with E-state index in [1.165, 1.54) is 24.8 Å². The van der Waals surface area contributed by atoms with E-state index in [-0.39, 0.29) is 0 Å². The van der Waals surface area contributed by atoms with Crippen molar-refractivity contribution in [2.75, 3.05) is 19.0 Å². The Morgan fingerprint density at radius 3 is 2.76 bits per heavy atom. The zero-order valence-electron chi connectivity index (χ0n) is 10.2. The molecule has 0 unspecified atom stereocenters. The van der Waals surface area contributed by atoms with E-state index in [0.717, 1.165) is 17.7 Å². The minimum Gasteiger partial charge on any atom is -0.497 e. The molecule has 0 amide bonds. The monoisotopic (exact) mass is 298 g/mol. The average Bonchev–Trinajstić information content (AvgIpc) is 2.33. The highest BCUT2D eigenvalue weighted by molar-refractivity contribution is 9.09. The van der Waals surface area contributed by atoms with Crippen molar-refractivity contribution in [3.05, 3.63) is 29.8 Å². The fraction of sp³-hybridized carbons (Fsp3) is 0.571. The lowest BCUT2D eigenvalue weighted by molar-refractivity contribution is 0.00268. The van der Waals surface area contributed by atoms with Gasteiger partial charge in [-0.05, 0) is 30.5 Å². The molecule has 0 radical (unpaired) electrons. The molecule has 0 aliphatic heterocycles. The van der Waals surface area contributed by atoms with Crippen molar-refractivity contribution < 1.29 is 9.47 Å². The van der Waals surface area contributed by atoms with Crippen LogP contribution in [0.3, 0.4) is 0 Å². The molecular weight excluding hydrogens is 280 g/mol. The quantitative estimate of drug-likeness (QED) is 0.744. The molecule has 1 aromatic rings. The molecular formula is C14H19BrO2. The largest absolute Gasteiger partial charge is 0.497 e. The van der Waals surface area contributed by atoms with E-state index in [2.05, 4.69) is 22.0 Å². The third-order valence-electron chi connectivity index (χ3n) is 3.51. The molecule has 1 fully saturated rings. The number of benzene rings is 1. The van der Waals surface area contributed by atoms with Crippen LogP contribution in [0.1, 0.15) is 24.8 Å². The molecule has 2 nitrogen and oxygen atoms in total. The Bertz CT molecular complexity index is 355. The highest BCUT2D eigenvalue weighted by Gasteiger charge is 2.35. The number of alkyl halides is 1. The minimum absolute atomic E-state index is 0.402. The number of hydrogen-bond acceptors (Lipinski definition) is 2. The van der Waals surface area contributed by atoms with Gasteiger partial charge in [-0.2, -0.15) is 0 Å². The Balaban J connectivity index is 1.81. The molecule has 0 N–H and O–H groups in total. The minimum atomic E-state index is 0.402. The van der Waals surface area contributed by atoms with Crippen molar-refractivity contribution in [3.63, 3.8) is 0 Å². The van der Waals surface area contributed by atoms with E-state index < -0.39 is 0 Å². The average molecular weight is 299 g/mol. The maximum Gasteiger partial charge on any atom is 0.119 e. The molecule has 0 heterocycles. The van der Waals surface area contributed by atoms with E-state index in [1.807, 2.05) is 18.2 Å². The maximum absolute atomic E-state index is 5.83. The molecule has 1 aliphatic carbocycles. The second kappa shape index (κ2) is 5.87. The summed E-state index contributed by atoms with van der Waals surface area (Å²) in [5.41, 5.74) is 1.58. The Morgan fingerprint density at radius 2 is 2.18 bits per heavy atom. The van der Waals surface area contributed by atoms with Crippen LogP contribution >= 0.6 is 15.9 Å². The van der Waals surface area contributed by atoms with Gasteiger partial charge in [-0.25, -0.2) is 0 Å². The van der Waals surface area contributed by atoms with Crippen molar-refractivity contribution in [1.82, 2.24) is 0 Å². The highest BCUT2D eigenvalue weighted by Crippen LogP contribution is 2.42. The lowest BCUT2D eigenvalue weighted by Gasteiger charge is -2.40. The van der Waals surface area contributed by atoms with Crippen LogP contribution in [0.25, 0.3) is 0 Å². The molecule has 17 heavy (non-hydrogen) atoms. The normalized spacial score (nSPS) is 17.5. The molecule has 0 spiro atoms. The van der Waals surface area contributed by atoms with Crippen molar-refractivity contribution in [2.24, 2.45) is 5.41 Å². The van der Waals surface area contributed by atoms with Gasteiger partial charge in [0.25, 0.3) is 0 Å². The lowest BCUT2D eigenvalue weighted by atomic mass is 9.71. The molecule has 2 rings (SSSR count). The summed E-state index contributed by atoms with van der Waals surface area (Å²) in [4.78, 5) is 0. The van der Waals surface area contributed by atoms with Gasteiger partial charge in [-0.15, -0.1) is 0 Å². The summed E-state index contributed by atoms with van der Waals surface area (Å²) in [6.45, 7) is 1.53. The van der Waals surface area contributed by atoms with Gasteiger partial charge in [0.1, 0.15) is 5.75 Å². The number of methoxy groups -OCH3 is 1. The fourth-order valence-electron chi connectivity index (χ4n) is 2.14. The molecule has 1 aliphatic rings. The first kappa shape index (κ1) is 12.9. The summed E-state index contributed by atoms with van der Waals surface area (Å²) < 4.78 is 11.0. The van der Waals surface area contributed by atoms with Crippen LogP contribution in [-0.4, -0.2) is 19.0 Å². The maximum atomic E-state index is 5.83. The summed E-state index contributed by atoms with van der Waals surface area (Å²) >= 11 is 3.59. The predicted molar refractivity (Wildman–Crippen MR) is 72.7 cm³/mol. The standard InChI is InChI=1S/C14H19BrO2/c1-16-13-5-2-4-12(8-13)9-17-11-14(10-15)6-3-7-14/h2,4-5,8H,3,6-7,9-11H2,1H3.